The number of hydrogen-bond acceptors (Lipinski definition) is 7. The average molecular weight is 399 g/mol. The van der Waals surface area contributed by atoms with Crippen LogP contribution in [-0.2, 0) is 0 Å². The molecule has 2 amide bonds. The van der Waals surface area contributed by atoms with Crippen LogP contribution in [0.4, 0.5) is 10.6 Å². The first-order valence-corrected chi connectivity index (χ1v) is 9.80. The highest BCUT2D eigenvalue weighted by Crippen LogP contribution is 2.35. The molecule has 9 heteroatoms. The molecule has 0 saturated heterocycles. The molecule has 2 heterocycles. The van der Waals surface area contributed by atoms with Gasteiger partial charge in [-0.2, -0.15) is 0 Å². The Morgan fingerprint density at radius 1 is 1.11 bits per heavy atom. The molecule has 3 rings (SSSR count). The SMILES string of the molecule is CCNC(=O)Nc1nc2nc(SC)ncc2cc1-c1cc(OC)cc(OC)c1. The number of thioether (sulfide) groups is 1. The molecular formula is C19H21N5O3S. The van der Waals surface area contributed by atoms with Crippen molar-refractivity contribution in [1.82, 2.24) is 20.3 Å². The number of fused-ring (bicyclic) bond motifs is 1. The number of aromatic nitrogens is 3. The van der Waals surface area contributed by atoms with Crippen molar-refractivity contribution in [2.75, 3.05) is 32.3 Å². The van der Waals surface area contributed by atoms with Crippen LogP contribution in [-0.4, -0.2) is 48.0 Å². The predicted octanol–water partition coefficient (Wildman–Crippen LogP) is 3.57. The van der Waals surface area contributed by atoms with E-state index < -0.39 is 0 Å². The van der Waals surface area contributed by atoms with Gasteiger partial charge in [0.25, 0.3) is 0 Å². The van der Waals surface area contributed by atoms with E-state index in [1.807, 2.05) is 31.4 Å². The Hall–Kier alpha value is -3.07. The summed E-state index contributed by atoms with van der Waals surface area (Å²) in [4.78, 5) is 25.5. The third-order valence-corrected chi connectivity index (χ3v) is 4.52. The van der Waals surface area contributed by atoms with E-state index >= 15 is 0 Å². The Balaban J connectivity index is 2.19. The lowest BCUT2D eigenvalue weighted by Crippen LogP contribution is -2.28. The monoisotopic (exact) mass is 399 g/mol. The van der Waals surface area contributed by atoms with Crippen LogP contribution in [0.2, 0.25) is 0 Å². The van der Waals surface area contributed by atoms with E-state index in [1.165, 1.54) is 11.8 Å². The molecular weight excluding hydrogens is 378 g/mol. The van der Waals surface area contributed by atoms with Crippen molar-refractivity contribution in [3.05, 3.63) is 30.5 Å². The van der Waals surface area contributed by atoms with E-state index in [-0.39, 0.29) is 6.03 Å². The van der Waals surface area contributed by atoms with Gasteiger partial charge in [-0.1, -0.05) is 11.8 Å². The van der Waals surface area contributed by atoms with Crippen LogP contribution >= 0.6 is 11.8 Å². The zero-order valence-corrected chi connectivity index (χ0v) is 16.9. The second kappa shape index (κ2) is 8.75. The highest BCUT2D eigenvalue weighted by molar-refractivity contribution is 7.98. The highest BCUT2D eigenvalue weighted by atomic mass is 32.2. The van der Waals surface area contributed by atoms with E-state index in [9.17, 15) is 4.79 Å². The lowest BCUT2D eigenvalue weighted by atomic mass is 10.0. The van der Waals surface area contributed by atoms with Gasteiger partial charge in [0, 0.05) is 29.8 Å². The van der Waals surface area contributed by atoms with Gasteiger partial charge in [0.1, 0.15) is 17.3 Å². The topological polar surface area (TPSA) is 98.3 Å². The van der Waals surface area contributed by atoms with E-state index in [4.69, 9.17) is 9.47 Å². The quantitative estimate of drug-likeness (QED) is 0.483. The number of pyridine rings is 1. The number of methoxy groups -OCH3 is 2. The Morgan fingerprint density at radius 2 is 1.82 bits per heavy atom. The van der Waals surface area contributed by atoms with Gasteiger partial charge in [-0.15, -0.1) is 0 Å². The molecule has 0 aliphatic carbocycles. The molecule has 0 aliphatic rings. The molecule has 8 nitrogen and oxygen atoms in total. The lowest BCUT2D eigenvalue weighted by molar-refractivity contribution is 0.252. The van der Waals surface area contributed by atoms with Crippen molar-refractivity contribution < 1.29 is 14.3 Å². The molecule has 0 bridgehead atoms. The molecule has 3 aromatic rings. The van der Waals surface area contributed by atoms with Crippen LogP contribution in [0.25, 0.3) is 22.2 Å². The number of anilines is 1. The summed E-state index contributed by atoms with van der Waals surface area (Å²) in [5.41, 5.74) is 1.99. The molecule has 1 aromatic carbocycles. The van der Waals surface area contributed by atoms with Crippen molar-refractivity contribution >= 4 is 34.6 Å². The van der Waals surface area contributed by atoms with Crippen molar-refractivity contribution in [3.63, 3.8) is 0 Å². The van der Waals surface area contributed by atoms with Crippen molar-refractivity contribution in [2.45, 2.75) is 12.1 Å². The van der Waals surface area contributed by atoms with Crippen molar-refractivity contribution in [2.24, 2.45) is 0 Å². The minimum atomic E-state index is -0.343. The number of nitrogens with zero attached hydrogens (tertiary/aromatic N) is 3. The lowest BCUT2D eigenvalue weighted by Gasteiger charge is -2.14. The zero-order chi connectivity index (χ0) is 20.1. The van der Waals surface area contributed by atoms with Crippen LogP contribution in [0.15, 0.2) is 35.6 Å². The summed E-state index contributed by atoms with van der Waals surface area (Å²) in [5, 5.41) is 6.89. The molecule has 0 atom stereocenters. The first-order valence-electron chi connectivity index (χ1n) is 8.58. The van der Waals surface area contributed by atoms with Gasteiger partial charge < -0.3 is 14.8 Å². The minimum Gasteiger partial charge on any atom is -0.497 e. The standard InChI is InChI=1S/C19H21N5O3S/c1-5-20-18(25)23-17-15(11-6-13(26-2)9-14(7-11)27-3)8-12-10-21-19(28-4)24-16(12)22-17/h6-10H,5H2,1-4H3,(H2,20,21,22,23,24,25). The number of carbonyl (C=O) groups excluding carboxylic acids is 1. The summed E-state index contributed by atoms with van der Waals surface area (Å²) in [6.45, 7) is 2.35. The molecule has 2 aromatic heterocycles. The van der Waals surface area contributed by atoms with Crippen LogP contribution in [0.3, 0.4) is 0 Å². The number of benzene rings is 1. The molecule has 0 unspecified atom stereocenters. The summed E-state index contributed by atoms with van der Waals surface area (Å²) in [7, 11) is 3.17. The van der Waals surface area contributed by atoms with Gasteiger partial charge in [-0.25, -0.2) is 19.7 Å². The Morgan fingerprint density at radius 3 is 2.43 bits per heavy atom. The number of carbonyl (C=O) groups is 1. The number of ether oxygens (including phenoxy) is 2. The van der Waals surface area contributed by atoms with Gasteiger partial charge in [-0.05, 0) is 36.9 Å². The Bertz CT molecular complexity index is 990. The summed E-state index contributed by atoms with van der Waals surface area (Å²) < 4.78 is 10.7. The van der Waals surface area contributed by atoms with Crippen LogP contribution < -0.4 is 20.1 Å². The maximum absolute atomic E-state index is 12.2. The molecule has 0 fully saturated rings. The molecule has 28 heavy (non-hydrogen) atoms. The van der Waals surface area contributed by atoms with Gasteiger partial charge in [0.05, 0.1) is 14.2 Å². The maximum Gasteiger partial charge on any atom is 0.320 e. The van der Waals surface area contributed by atoms with Crippen LogP contribution in [0, 0.1) is 0 Å². The fourth-order valence-electron chi connectivity index (χ4n) is 2.64. The number of amides is 2. The largest absolute Gasteiger partial charge is 0.497 e. The van der Waals surface area contributed by atoms with Gasteiger partial charge >= 0.3 is 6.03 Å². The normalized spacial score (nSPS) is 10.6. The third-order valence-electron chi connectivity index (χ3n) is 3.96. The molecule has 2 N–H and O–H groups in total. The summed E-state index contributed by atoms with van der Waals surface area (Å²) in [6, 6.07) is 7.03. The second-order valence-corrected chi connectivity index (χ2v) is 6.51. The number of urea groups is 1. The highest BCUT2D eigenvalue weighted by Gasteiger charge is 2.15. The van der Waals surface area contributed by atoms with Gasteiger partial charge in [-0.3, -0.25) is 5.32 Å². The Labute approximate surface area is 167 Å². The number of hydrogen-bond donors (Lipinski definition) is 2. The first kappa shape index (κ1) is 19.7. The second-order valence-electron chi connectivity index (χ2n) is 5.74. The van der Waals surface area contributed by atoms with E-state index in [0.717, 1.165) is 10.9 Å². The fourth-order valence-corrected chi connectivity index (χ4v) is 2.97. The zero-order valence-electron chi connectivity index (χ0n) is 16.1. The van der Waals surface area contributed by atoms with Crippen LogP contribution in [0.1, 0.15) is 6.92 Å². The van der Waals surface area contributed by atoms with Crippen molar-refractivity contribution in [3.8, 4) is 22.6 Å². The number of nitrogens with one attached hydrogen (secondary N) is 2. The first-order chi connectivity index (χ1) is 13.6. The molecule has 0 saturated carbocycles. The maximum atomic E-state index is 12.2. The summed E-state index contributed by atoms with van der Waals surface area (Å²) in [6.07, 6.45) is 3.61. The van der Waals surface area contributed by atoms with E-state index in [2.05, 4.69) is 25.6 Å². The minimum absolute atomic E-state index is 0.343. The van der Waals surface area contributed by atoms with Crippen LogP contribution in [0.5, 0.6) is 11.5 Å². The molecule has 0 aliphatic heterocycles. The van der Waals surface area contributed by atoms with Gasteiger partial charge in [0.2, 0.25) is 0 Å². The summed E-state index contributed by atoms with van der Waals surface area (Å²) >= 11 is 1.43. The molecule has 0 spiro atoms. The third kappa shape index (κ3) is 4.25. The van der Waals surface area contributed by atoms with Crippen molar-refractivity contribution in [1.29, 1.82) is 0 Å². The fraction of sp³-hybridized carbons (Fsp3) is 0.263. The van der Waals surface area contributed by atoms with E-state index in [0.29, 0.717) is 40.2 Å². The predicted molar refractivity (Wildman–Crippen MR) is 110 cm³/mol. The Kier molecular flexibility index (Phi) is 6.15. The average Bonchev–Trinajstić information content (AvgIpc) is 2.72. The molecule has 0 radical (unpaired) electrons. The summed E-state index contributed by atoms with van der Waals surface area (Å²) in [5.74, 6) is 1.65. The number of rotatable bonds is 6. The molecule has 146 valence electrons. The van der Waals surface area contributed by atoms with Gasteiger partial charge in [0.15, 0.2) is 10.8 Å². The van der Waals surface area contributed by atoms with E-state index in [1.54, 1.807) is 26.5 Å². The smallest absolute Gasteiger partial charge is 0.320 e.